The Balaban J connectivity index is 2.20. The van der Waals surface area contributed by atoms with Crippen LogP contribution in [0.5, 0.6) is 5.75 Å². The van der Waals surface area contributed by atoms with Crippen molar-refractivity contribution in [1.82, 2.24) is 4.98 Å². The molecule has 0 aliphatic heterocycles. The van der Waals surface area contributed by atoms with Gasteiger partial charge in [0, 0.05) is 17.4 Å². The van der Waals surface area contributed by atoms with Gasteiger partial charge in [0.05, 0.1) is 12.8 Å². The Morgan fingerprint density at radius 3 is 2.80 bits per heavy atom. The topological polar surface area (TPSA) is 74.4 Å². The van der Waals surface area contributed by atoms with Gasteiger partial charge < -0.3 is 15.2 Å². The van der Waals surface area contributed by atoms with Crippen LogP contribution in [-0.4, -0.2) is 18.1 Å². The van der Waals surface area contributed by atoms with Crippen LogP contribution in [0.2, 0.25) is 0 Å². The molecule has 20 heavy (non-hydrogen) atoms. The zero-order valence-corrected chi connectivity index (χ0v) is 11.4. The fraction of sp³-hybridized carbons (Fsp3) is 0.200. The fourth-order valence-electron chi connectivity index (χ4n) is 1.77. The summed E-state index contributed by atoms with van der Waals surface area (Å²) in [6.07, 6.45) is 0. The van der Waals surface area contributed by atoms with E-state index in [0.29, 0.717) is 17.0 Å². The number of hydrogen-bond donors (Lipinski definition) is 1. The van der Waals surface area contributed by atoms with Crippen LogP contribution in [0.4, 0.5) is 5.69 Å². The lowest BCUT2D eigenvalue weighted by Crippen LogP contribution is -2.07. The van der Waals surface area contributed by atoms with Gasteiger partial charge in [0.25, 0.3) is 0 Å². The first-order valence-corrected chi connectivity index (χ1v) is 6.13. The maximum Gasteiger partial charge on any atom is 0.341 e. The van der Waals surface area contributed by atoms with Crippen molar-refractivity contribution in [2.45, 2.75) is 13.5 Å². The van der Waals surface area contributed by atoms with Gasteiger partial charge in [0.2, 0.25) is 0 Å². The van der Waals surface area contributed by atoms with Crippen molar-refractivity contribution >= 4 is 11.7 Å². The molecule has 1 aromatic heterocycles. The van der Waals surface area contributed by atoms with Crippen LogP contribution in [0.25, 0.3) is 0 Å². The van der Waals surface area contributed by atoms with Crippen LogP contribution >= 0.6 is 0 Å². The lowest BCUT2D eigenvalue weighted by molar-refractivity contribution is 0.0595. The number of carbonyl (C=O) groups is 1. The average Bonchev–Trinajstić information content (AvgIpc) is 2.44. The number of anilines is 1. The zero-order valence-electron chi connectivity index (χ0n) is 11.4. The summed E-state index contributed by atoms with van der Waals surface area (Å²) >= 11 is 0. The van der Waals surface area contributed by atoms with Gasteiger partial charge in [-0.2, -0.15) is 0 Å². The van der Waals surface area contributed by atoms with Gasteiger partial charge in [0.1, 0.15) is 17.9 Å². The van der Waals surface area contributed by atoms with Gasteiger partial charge in [-0.3, -0.25) is 4.98 Å². The number of hydrogen-bond acceptors (Lipinski definition) is 5. The molecule has 0 bridgehead atoms. The summed E-state index contributed by atoms with van der Waals surface area (Å²) in [5, 5.41) is 0. The SMILES string of the molecule is COC(=O)c1ccc(N)cc1OCc1cccc(C)n1. The minimum Gasteiger partial charge on any atom is -0.486 e. The van der Waals surface area contributed by atoms with E-state index in [4.69, 9.17) is 15.2 Å². The number of ether oxygens (including phenoxy) is 2. The molecule has 0 unspecified atom stereocenters. The van der Waals surface area contributed by atoms with Crippen LogP contribution < -0.4 is 10.5 Å². The van der Waals surface area contributed by atoms with E-state index < -0.39 is 5.97 Å². The van der Waals surface area contributed by atoms with E-state index in [0.717, 1.165) is 11.4 Å². The van der Waals surface area contributed by atoms with Gasteiger partial charge in [-0.05, 0) is 31.2 Å². The second kappa shape index (κ2) is 6.06. The van der Waals surface area contributed by atoms with Crippen molar-refractivity contribution in [2.75, 3.05) is 12.8 Å². The summed E-state index contributed by atoms with van der Waals surface area (Å²) in [4.78, 5) is 16.0. The second-order valence-electron chi connectivity index (χ2n) is 4.31. The van der Waals surface area contributed by atoms with Crippen molar-refractivity contribution in [3.63, 3.8) is 0 Å². The van der Waals surface area contributed by atoms with Gasteiger partial charge in [-0.1, -0.05) is 6.07 Å². The second-order valence-corrected chi connectivity index (χ2v) is 4.31. The molecule has 1 aromatic carbocycles. The third-order valence-electron chi connectivity index (χ3n) is 2.73. The van der Waals surface area contributed by atoms with Crippen LogP contribution in [0, 0.1) is 6.92 Å². The van der Waals surface area contributed by atoms with Crippen LogP contribution in [0.3, 0.4) is 0 Å². The number of carbonyl (C=O) groups excluding carboxylic acids is 1. The summed E-state index contributed by atoms with van der Waals surface area (Å²) in [5.74, 6) is -0.0719. The molecular weight excluding hydrogens is 256 g/mol. The quantitative estimate of drug-likeness (QED) is 0.683. The molecule has 0 fully saturated rings. The molecule has 5 nitrogen and oxygen atoms in total. The summed E-state index contributed by atoms with van der Waals surface area (Å²) in [6.45, 7) is 2.17. The molecule has 0 spiro atoms. The highest BCUT2D eigenvalue weighted by Gasteiger charge is 2.13. The van der Waals surface area contributed by atoms with Gasteiger partial charge in [-0.15, -0.1) is 0 Å². The van der Waals surface area contributed by atoms with Crippen LogP contribution in [-0.2, 0) is 11.3 Å². The predicted molar refractivity (Wildman–Crippen MR) is 75.5 cm³/mol. The Bertz CT molecular complexity index is 626. The third kappa shape index (κ3) is 3.26. The molecule has 2 N–H and O–H groups in total. The highest BCUT2D eigenvalue weighted by molar-refractivity contribution is 5.93. The van der Waals surface area contributed by atoms with Crippen LogP contribution in [0.1, 0.15) is 21.7 Å². The van der Waals surface area contributed by atoms with E-state index in [9.17, 15) is 4.79 Å². The van der Waals surface area contributed by atoms with Crippen molar-refractivity contribution in [3.8, 4) is 5.75 Å². The molecule has 0 saturated carbocycles. The maximum atomic E-state index is 11.7. The highest BCUT2D eigenvalue weighted by Crippen LogP contribution is 2.23. The summed E-state index contributed by atoms with van der Waals surface area (Å²) < 4.78 is 10.4. The highest BCUT2D eigenvalue weighted by atomic mass is 16.5. The van der Waals surface area contributed by atoms with Crippen molar-refractivity contribution in [3.05, 3.63) is 53.3 Å². The Hall–Kier alpha value is -2.56. The van der Waals surface area contributed by atoms with Crippen molar-refractivity contribution in [2.24, 2.45) is 0 Å². The van der Waals surface area contributed by atoms with Crippen molar-refractivity contribution < 1.29 is 14.3 Å². The number of rotatable bonds is 4. The number of aryl methyl sites for hydroxylation is 1. The van der Waals surface area contributed by atoms with E-state index in [1.807, 2.05) is 25.1 Å². The third-order valence-corrected chi connectivity index (χ3v) is 2.73. The van der Waals surface area contributed by atoms with E-state index >= 15 is 0 Å². The number of esters is 1. The van der Waals surface area contributed by atoms with Gasteiger partial charge >= 0.3 is 5.97 Å². The van der Waals surface area contributed by atoms with Gasteiger partial charge in [0.15, 0.2) is 0 Å². The number of nitrogen functional groups attached to an aromatic ring is 1. The molecule has 104 valence electrons. The number of benzene rings is 1. The van der Waals surface area contributed by atoms with Crippen LogP contribution in [0.15, 0.2) is 36.4 Å². The normalized spacial score (nSPS) is 10.1. The number of aromatic nitrogens is 1. The predicted octanol–water partition coefficient (Wildman–Crippen LogP) is 2.34. The number of methoxy groups -OCH3 is 1. The monoisotopic (exact) mass is 272 g/mol. The Morgan fingerprint density at radius 1 is 1.30 bits per heavy atom. The molecule has 5 heteroatoms. The summed E-state index contributed by atoms with van der Waals surface area (Å²) in [7, 11) is 1.32. The average molecular weight is 272 g/mol. The number of nitrogens with two attached hydrogens (primary N) is 1. The lowest BCUT2D eigenvalue weighted by Gasteiger charge is -2.11. The first-order chi connectivity index (χ1) is 9.60. The molecule has 0 saturated heterocycles. The molecule has 1 heterocycles. The molecule has 2 rings (SSSR count). The minimum atomic E-state index is -0.461. The fourth-order valence-corrected chi connectivity index (χ4v) is 1.77. The molecule has 2 aromatic rings. The van der Waals surface area contributed by atoms with E-state index in [1.54, 1.807) is 18.2 Å². The molecule has 0 aliphatic rings. The Kier molecular flexibility index (Phi) is 4.20. The van der Waals surface area contributed by atoms with E-state index in [1.165, 1.54) is 7.11 Å². The first kappa shape index (κ1) is 13.9. The molecule has 0 amide bonds. The Morgan fingerprint density at radius 2 is 2.10 bits per heavy atom. The zero-order chi connectivity index (χ0) is 14.5. The van der Waals surface area contributed by atoms with E-state index in [-0.39, 0.29) is 6.61 Å². The van der Waals surface area contributed by atoms with Gasteiger partial charge in [-0.25, -0.2) is 4.79 Å². The standard InChI is InChI=1S/C15H16N2O3/c1-10-4-3-5-12(17-10)9-20-14-8-11(16)6-7-13(14)15(18)19-2/h3-8H,9,16H2,1-2H3. The maximum absolute atomic E-state index is 11.7. The number of pyridine rings is 1. The van der Waals surface area contributed by atoms with Crippen molar-refractivity contribution in [1.29, 1.82) is 0 Å². The summed E-state index contributed by atoms with van der Waals surface area (Å²) in [5.41, 5.74) is 8.26. The number of nitrogens with zero attached hydrogens (tertiary/aromatic N) is 1. The molecule has 0 aliphatic carbocycles. The minimum absolute atomic E-state index is 0.259. The Labute approximate surface area is 117 Å². The molecular formula is C15H16N2O3. The summed E-state index contributed by atoms with van der Waals surface area (Å²) in [6, 6.07) is 10.5. The first-order valence-electron chi connectivity index (χ1n) is 6.13. The van der Waals surface area contributed by atoms with E-state index in [2.05, 4.69) is 4.98 Å². The largest absolute Gasteiger partial charge is 0.486 e. The smallest absolute Gasteiger partial charge is 0.341 e. The molecule has 0 radical (unpaired) electrons. The lowest BCUT2D eigenvalue weighted by atomic mass is 10.2. The molecule has 0 atom stereocenters.